The molecule has 0 radical (unpaired) electrons. The van der Waals surface area contributed by atoms with Gasteiger partial charge < -0.3 is 19.7 Å². The number of alkyl carbamates (subject to hydrolysis) is 1. The topological polar surface area (TPSA) is 67.9 Å². The second-order valence-corrected chi connectivity index (χ2v) is 7.44. The van der Waals surface area contributed by atoms with E-state index in [-0.39, 0.29) is 24.0 Å². The second-order valence-electron chi connectivity index (χ2n) is 7.44. The van der Waals surface area contributed by atoms with Crippen molar-refractivity contribution in [1.82, 2.24) is 10.2 Å². The number of likely N-dealkylation sites (tertiary alicyclic amines) is 1. The average molecular weight is 324 g/mol. The van der Waals surface area contributed by atoms with Crippen LogP contribution in [0.4, 0.5) is 4.79 Å². The van der Waals surface area contributed by atoms with Crippen LogP contribution in [0.1, 0.15) is 40.0 Å². The van der Waals surface area contributed by atoms with Crippen molar-refractivity contribution in [2.75, 3.05) is 13.7 Å². The number of ether oxygens (including phenoxy) is 2. The minimum Gasteiger partial charge on any atom is -0.453 e. The molecule has 130 valence electrons. The van der Waals surface area contributed by atoms with Gasteiger partial charge in [-0.05, 0) is 50.9 Å². The van der Waals surface area contributed by atoms with Crippen LogP contribution in [0.25, 0.3) is 0 Å². The highest BCUT2D eigenvalue weighted by molar-refractivity contribution is 5.87. The number of methoxy groups -OCH3 is 1. The molecule has 0 bridgehead atoms. The maximum Gasteiger partial charge on any atom is 0.407 e. The van der Waals surface area contributed by atoms with Gasteiger partial charge in [-0.3, -0.25) is 4.79 Å². The van der Waals surface area contributed by atoms with E-state index >= 15 is 0 Å². The largest absolute Gasteiger partial charge is 0.453 e. The van der Waals surface area contributed by atoms with Gasteiger partial charge >= 0.3 is 6.09 Å². The molecule has 4 unspecified atom stereocenters. The van der Waals surface area contributed by atoms with Crippen LogP contribution in [0.2, 0.25) is 0 Å². The van der Waals surface area contributed by atoms with Crippen molar-refractivity contribution < 1.29 is 19.1 Å². The predicted molar refractivity (Wildman–Crippen MR) is 84.8 cm³/mol. The Morgan fingerprint density at radius 3 is 2.39 bits per heavy atom. The monoisotopic (exact) mass is 324 g/mol. The Morgan fingerprint density at radius 1 is 1.22 bits per heavy atom. The third-order valence-corrected chi connectivity index (χ3v) is 5.79. The fraction of sp³-hybridized carbons (Fsp3) is 0.882. The number of piperidine rings is 1. The molecule has 2 aliphatic heterocycles. The van der Waals surface area contributed by atoms with Crippen molar-refractivity contribution in [2.24, 2.45) is 17.8 Å². The third-order valence-electron chi connectivity index (χ3n) is 5.79. The number of amides is 2. The van der Waals surface area contributed by atoms with E-state index in [1.165, 1.54) is 7.11 Å². The highest BCUT2D eigenvalue weighted by Crippen LogP contribution is 2.50. The number of fused-ring (bicyclic) bond motifs is 1. The molecule has 2 amide bonds. The predicted octanol–water partition coefficient (Wildman–Crippen LogP) is 1.78. The van der Waals surface area contributed by atoms with E-state index in [0.717, 1.165) is 25.8 Å². The molecule has 0 aromatic rings. The Balaban J connectivity index is 1.74. The fourth-order valence-electron chi connectivity index (χ4n) is 4.64. The molecule has 6 nitrogen and oxygen atoms in total. The summed E-state index contributed by atoms with van der Waals surface area (Å²) in [4.78, 5) is 26.9. The summed E-state index contributed by atoms with van der Waals surface area (Å²) in [5, 5.41) is 2.80. The number of rotatable bonds is 3. The molecule has 3 rings (SSSR count). The summed E-state index contributed by atoms with van der Waals surface area (Å²) in [6, 6.07) is -0.137. The molecule has 2 saturated heterocycles. The first kappa shape index (κ1) is 16.6. The lowest BCUT2D eigenvalue weighted by molar-refractivity contribution is -0.137. The summed E-state index contributed by atoms with van der Waals surface area (Å²) in [6.45, 7) is 7.07. The minimum atomic E-state index is -0.533. The molecule has 3 fully saturated rings. The minimum absolute atomic E-state index is 0.0542. The molecule has 6 heteroatoms. The molecule has 1 N–H and O–H groups in total. The summed E-state index contributed by atoms with van der Waals surface area (Å²) in [5.74, 6) is 1.40. The van der Waals surface area contributed by atoms with E-state index in [1.54, 1.807) is 0 Å². The molecule has 0 aromatic heterocycles. The maximum absolute atomic E-state index is 13.1. The standard InChI is InChI=1S/C17H28N2O4/c1-9-7-12(8-10(2)23-9)14(18-17(21)22-4)16(20)19-6-5-13-11(3)15(13)19/h9-15H,5-8H2,1-4H3,(H,18,21)/t9-,10+,11-,12?,13?,14?,15?/m1/s1. The summed E-state index contributed by atoms with van der Waals surface area (Å²) < 4.78 is 10.5. The molecule has 1 aliphatic carbocycles. The van der Waals surface area contributed by atoms with Gasteiger partial charge in [0, 0.05) is 12.6 Å². The van der Waals surface area contributed by atoms with Crippen LogP contribution < -0.4 is 5.32 Å². The summed E-state index contributed by atoms with van der Waals surface area (Å²) in [7, 11) is 1.33. The molecule has 3 aliphatic rings. The van der Waals surface area contributed by atoms with Gasteiger partial charge in [0.15, 0.2) is 0 Å². The number of hydrogen-bond acceptors (Lipinski definition) is 4. The van der Waals surface area contributed by atoms with E-state index in [0.29, 0.717) is 17.9 Å². The summed E-state index contributed by atoms with van der Waals surface area (Å²) >= 11 is 0. The number of carbonyl (C=O) groups excluding carboxylic acids is 2. The SMILES string of the molecule is COC(=O)NC(C(=O)N1CCC2C1[C@@H]2C)C1C[C@@H](C)O[C@@H](C)C1. The lowest BCUT2D eigenvalue weighted by Crippen LogP contribution is -2.54. The Kier molecular flexibility index (Phi) is 4.54. The van der Waals surface area contributed by atoms with Gasteiger partial charge in [0.2, 0.25) is 5.91 Å². The number of nitrogens with zero attached hydrogens (tertiary/aromatic N) is 1. The van der Waals surface area contributed by atoms with E-state index in [9.17, 15) is 9.59 Å². The molecule has 1 saturated carbocycles. The molecule has 0 aromatic carbocycles. The van der Waals surface area contributed by atoms with E-state index in [1.807, 2.05) is 18.7 Å². The molecular formula is C17H28N2O4. The van der Waals surface area contributed by atoms with Gasteiger partial charge in [-0.1, -0.05) is 6.92 Å². The normalized spacial score (nSPS) is 40.3. The molecule has 23 heavy (non-hydrogen) atoms. The van der Waals surface area contributed by atoms with Crippen LogP contribution in [-0.4, -0.2) is 54.8 Å². The Bertz CT molecular complexity index is 473. The first-order valence-corrected chi connectivity index (χ1v) is 8.72. The Labute approximate surface area is 137 Å². The van der Waals surface area contributed by atoms with Crippen LogP contribution in [0, 0.1) is 17.8 Å². The van der Waals surface area contributed by atoms with Crippen molar-refractivity contribution in [2.45, 2.75) is 64.3 Å². The highest BCUT2D eigenvalue weighted by Gasteiger charge is 2.57. The maximum atomic E-state index is 13.1. The summed E-state index contributed by atoms with van der Waals surface area (Å²) in [5.41, 5.74) is 0. The van der Waals surface area contributed by atoms with Gasteiger partial charge in [0.25, 0.3) is 0 Å². The van der Waals surface area contributed by atoms with Crippen LogP contribution in [-0.2, 0) is 14.3 Å². The fourth-order valence-corrected chi connectivity index (χ4v) is 4.64. The lowest BCUT2D eigenvalue weighted by atomic mass is 9.85. The van der Waals surface area contributed by atoms with Gasteiger partial charge in [0.05, 0.1) is 19.3 Å². The van der Waals surface area contributed by atoms with Crippen molar-refractivity contribution in [3.63, 3.8) is 0 Å². The quantitative estimate of drug-likeness (QED) is 0.859. The molecule has 0 spiro atoms. The van der Waals surface area contributed by atoms with Gasteiger partial charge in [-0.15, -0.1) is 0 Å². The highest BCUT2D eigenvalue weighted by atomic mass is 16.5. The second kappa shape index (κ2) is 6.30. The number of carbonyl (C=O) groups is 2. The smallest absolute Gasteiger partial charge is 0.407 e. The van der Waals surface area contributed by atoms with Crippen molar-refractivity contribution in [1.29, 1.82) is 0 Å². The molecule has 2 heterocycles. The van der Waals surface area contributed by atoms with Crippen molar-refractivity contribution >= 4 is 12.0 Å². The van der Waals surface area contributed by atoms with Crippen molar-refractivity contribution in [3.8, 4) is 0 Å². The van der Waals surface area contributed by atoms with E-state index in [4.69, 9.17) is 9.47 Å². The Morgan fingerprint density at radius 2 is 1.87 bits per heavy atom. The first-order valence-electron chi connectivity index (χ1n) is 8.72. The molecular weight excluding hydrogens is 296 g/mol. The van der Waals surface area contributed by atoms with Crippen molar-refractivity contribution in [3.05, 3.63) is 0 Å². The molecule has 7 atom stereocenters. The van der Waals surface area contributed by atoms with Crippen LogP contribution in [0.5, 0.6) is 0 Å². The van der Waals surface area contributed by atoms with E-state index in [2.05, 4.69) is 12.2 Å². The van der Waals surface area contributed by atoms with Crippen LogP contribution in [0.15, 0.2) is 0 Å². The van der Waals surface area contributed by atoms with Crippen LogP contribution >= 0.6 is 0 Å². The van der Waals surface area contributed by atoms with Gasteiger partial charge in [-0.2, -0.15) is 0 Å². The summed E-state index contributed by atoms with van der Waals surface area (Å²) in [6.07, 6.45) is 2.32. The zero-order valence-electron chi connectivity index (χ0n) is 14.5. The van der Waals surface area contributed by atoms with Gasteiger partial charge in [0.1, 0.15) is 6.04 Å². The number of nitrogens with one attached hydrogen (secondary N) is 1. The van der Waals surface area contributed by atoms with Gasteiger partial charge in [-0.25, -0.2) is 4.79 Å². The Hall–Kier alpha value is -1.30. The zero-order chi connectivity index (χ0) is 16.7. The first-order chi connectivity index (χ1) is 10.9. The lowest BCUT2D eigenvalue weighted by Gasteiger charge is -2.37. The average Bonchev–Trinajstić information content (AvgIpc) is 2.95. The third kappa shape index (κ3) is 3.18. The van der Waals surface area contributed by atoms with E-state index < -0.39 is 12.1 Å². The number of hydrogen-bond donors (Lipinski definition) is 1. The van der Waals surface area contributed by atoms with Crippen LogP contribution in [0.3, 0.4) is 0 Å². The zero-order valence-corrected chi connectivity index (χ0v) is 14.5.